The maximum Gasteiger partial charge on any atom is -0.00134 e. The SMILES string of the molecule is CPC(C)C1=C(P(c2ccccc2)c2ccccc2)CC=C1. The van der Waals surface area contributed by atoms with Gasteiger partial charge in [0.2, 0.25) is 0 Å². The normalized spacial score (nSPS) is 16.1. The monoisotopic (exact) mass is 324 g/mol. The van der Waals surface area contributed by atoms with Crippen molar-refractivity contribution in [1.29, 1.82) is 0 Å². The molecule has 0 fully saturated rings. The minimum Gasteiger partial charge on any atom is -0.118 e. The first kappa shape index (κ1) is 15.7. The van der Waals surface area contributed by atoms with Gasteiger partial charge < -0.3 is 0 Å². The fourth-order valence-corrected chi connectivity index (χ4v) is 6.28. The van der Waals surface area contributed by atoms with E-state index < -0.39 is 7.92 Å². The number of hydrogen-bond acceptors (Lipinski definition) is 0. The second-order valence-corrected chi connectivity index (χ2v) is 9.21. The van der Waals surface area contributed by atoms with E-state index in [1.54, 1.807) is 10.9 Å². The summed E-state index contributed by atoms with van der Waals surface area (Å²) >= 11 is 0. The summed E-state index contributed by atoms with van der Waals surface area (Å²) in [6.07, 6.45) is 5.83. The van der Waals surface area contributed by atoms with E-state index in [-0.39, 0.29) is 0 Å². The zero-order valence-corrected chi connectivity index (χ0v) is 15.1. The van der Waals surface area contributed by atoms with E-state index in [4.69, 9.17) is 0 Å². The van der Waals surface area contributed by atoms with Gasteiger partial charge in [0.1, 0.15) is 0 Å². The lowest BCUT2D eigenvalue weighted by Crippen LogP contribution is -2.14. The Morgan fingerprint density at radius 1 is 0.909 bits per heavy atom. The van der Waals surface area contributed by atoms with Crippen molar-refractivity contribution in [3.63, 3.8) is 0 Å². The van der Waals surface area contributed by atoms with Crippen LogP contribution >= 0.6 is 16.5 Å². The quantitative estimate of drug-likeness (QED) is 0.677. The zero-order chi connectivity index (χ0) is 15.4. The summed E-state index contributed by atoms with van der Waals surface area (Å²) in [5, 5.41) is 4.58. The van der Waals surface area contributed by atoms with Gasteiger partial charge in [0.05, 0.1) is 0 Å². The Kier molecular flexibility index (Phi) is 5.24. The first-order valence-corrected chi connectivity index (χ1v) is 10.7. The first-order chi connectivity index (χ1) is 10.8. The van der Waals surface area contributed by atoms with E-state index in [0.717, 1.165) is 15.0 Å². The summed E-state index contributed by atoms with van der Waals surface area (Å²) in [6.45, 7) is 4.68. The molecule has 112 valence electrons. The molecule has 2 heteroatoms. The van der Waals surface area contributed by atoms with Crippen LogP contribution in [-0.4, -0.2) is 12.3 Å². The van der Waals surface area contributed by atoms with Crippen LogP contribution in [0.5, 0.6) is 0 Å². The number of hydrogen-bond donors (Lipinski definition) is 0. The van der Waals surface area contributed by atoms with E-state index in [2.05, 4.69) is 86.4 Å². The van der Waals surface area contributed by atoms with Gasteiger partial charge in [-0.05, 0) is 48.2 Å². The third kappa shape index (κ3) is 3.24. The number of benzene rings is 2. The highest BCUT2D eigenvalue weighted by molar-refractivity contribution is 7.76. The van der Waals surface area contributed by atoms with E-state index >= 15 is 0 Å². The third-order valence-electron chi connectivity index (χ3n) is 4.14. The molecule has 0 spiro atoms. The highest BCUT2D eigenvalue weighted by Gasteiger charge is 2.24. The van der Waals surface area contributed by atoms with Gasteiger partial charge in [0, 0.05) is 0 Å². The molecular formula is C20H22P2. The Hall–Kier alpha value is -1.22. The van der Waals surface area contributed by atoms with Crippen LogP contribution in [0.25, 0.3) is 0 Å². The van der Waals surface area contributed by atoms with Crippen LogP contribution in [-0.2, 0) is 0 Å². The predicted molar refractivity (Wildman–Crippen MR) is 104 cm³/mol. The molecule has 0 aromatic heterocycles. The van der Waals surface area contributed by atoms with Gasteiger partial charge in [-0.2, -0.15) is 0 Å². The van der Waals surface area contributed by atoms with E-state index in [1.165, 1.54) is 10.6 Å². The maximum atomic E-state index is 2.37. The summed E-state index contributed by atoms with van der Waals surface area (Å²) in [4.78, 5) is 0. The third-order valence-corrected chi connectivity index (χ3v) is 7.93. The van der Waals surface area contributed by atoms with Gasteiger partial charge in [-0.25, -0.2) is 0 Å². The largest absolute Gasteiger partial charge is 0.118 e. The smallest absolute Gasteiger partial charge is 0.00134 e. The van der Waals surface area contributed by atoms with Gasteiger partial charge in [-0.15, -0.1) is 8.58 Å². The molecule has 1 aliphatic carbocycles. The predicted octanol–water partition coefficient (Wildman–Crippen LogP) is 5.03. The van der Waals surface area contributed by atoms with Gasteiger partial charge in [-0.1, -0.05) is 79.7 Å². The number of allylic oxidation sites excluding steroid dienone is 4. The van der Waals surface area contributed by atoms with Crippen LogP contribution < -0.4 is 10.6 Å². The Labute approximate surface area is 136 Å². The maximum absolute atomic E-state index is 2.37. The van der Waals surface area contributed by atoms with Gasteiger partial charge in [0.25, 0.3) is 0 Å². The molecule has 2 aromatic carbocycles. The first-order valence-electron chi connectivity index (χ1n) is 7.78. The fraction of sp³-hybridized carbons (Fsp3) is 0.200. The van der Waals surface area contributed by atoms with Crippen molar-refractivity contribution in [3.05, 3.63) is 83.7 Å². The Balaban J connectivity index is 2.11. The molecule has 22 heavy (non-hydrogen) atoms. The highest BCUT2D eigenvalue weighted by atomic mass is 31.1. The van der Waals surface area contributed by atoms with Crippen molar-refractivity contribution in [3.8, 4) is 0 Å². The molecule has 1 aliphatic rings. The van der Waals surface area contributed by atoms with Crippen molar-refractivity contribution < 1.29 is 0 Å². The van der Waals surface area contributed by atoms with Crippen LogP contribution in [0.3, 0.4) is 0 Å². The average molecular weight is 324 g/mol. The van der Waals surface area contributed by atoms with Crippen LogP contribution in [0.4, 0.5) is 0 Å². The zero-order valence-electron chi connectivity index (χ0n) is 13.2. The Bertz CT molecular complexity index is 632. The van der Waals surface area contributed by atoms with Gasteiger partial charge in [0.15, 0.2) is 0 Å². The highest BCUT2D eigenvalue weighted by Crippen LogP contribution is 2.50. The van der Waals surface area contributed by atoms with Crippen molar-refractivity contribution in [2.45, 2.75) is 19.0 Å². The molecule has 0 saturated heterocycles. The minimum absolute atomic E-state index is 0.408. The molecule has 0 aliphatic heterocycles. The summed E-state index contributed by atoms with van der Waals surface area (Å²) in [5.41, 5.74) is 2.26. The summed E-state index contributed by atoms with van der Waals surface area (Å²) in [5.74, 6) is 0. The molecule has 0 N–H and O–H groups in total. The summed E-state index contributed by atoms with van der Waals surface area (Å²) in [6, 6.07) is 22.1. The lowest BCUT2D eigenvalue weighted by atomic mass is 10.2. The molecule has 3 rings (SSSR count). The molecule has 0 saturated carbocycles. The average Bonchev–Trinajstić information content (AvgIpc) is 3.06. The lowest BCUT2D eigenvalue weighted by molar-refractivity contribution is 1.16. The summed E-state index contributed by atoms with van der Waals surface area (Å²) in [7, 11) is 0.553. The van der Waals surface area contributed by atoms with Gasteiger partial charge in [-0.3, -0.25) is 0 Å². The van der Waals surface area contributed by atoms with Crippen molar-refractivity contribution >= 4 is 27.1 Å². The van der Waals surface area contributed by atoms with Crippen LogP contribution in [0, 0.1) is 0 Å². The second kappa shape index (κ2) is 7.36. The molecule has 2 atom stereocenters. The summed E-state index contributed by atoms with van der Waals surface area (Å²) < 4.78 is 0. The van der Waals surface area contributed by atoms with E-state index in [1.807, 2.05) is 0 Å². The van der Waals surface area contributed by atoms with Crippen molar-refractivity contribution in [2.75, 3.05) is 6.66 Å². The number of rotatable bonds is 5. The Morgan fingerprint density at radius 2 is 1.45 bits per heavy atom. The molecule has 0 heterocycles. The van der Waals surface area contributed by atoms with Crippen LogP contribution in [0.15, 0.2) is 83.7 Å². The van der Waals surface area contributed by atoms with Crippen LogP contribution in [0.1, 0.15) is 13.3 Å². The second-order valence-electron chi connectivity index (χ2n) is 5.53. The van der Waals surface area contributed by atoms with Gasteiger partial charge >= 0.3 is 0 Å². The van der Waals surface area contributed by atoms with Crippen molar-refractivity contribution in [1.82, 2.24) is 0 Å². The lowest BCUT2D eigenvalue weighted by Gasteiger charge is -2.24. The van der Waals surface area contributed by atoms with Crippen LogP contribution in [0.2, 0.25) is 0 Å². The Morgan fingerprint density at radius 3 is 1.95 bits per heavy atom. The standard InChI is InChI=1S/C20H22P2/c1-16(21-2)19-14-9-15-20(19)22(17-10-5-3-6-11-17)18-12-7-4-8-13-18/h3-14,16,21H,15H2,1-2H3. The van der Waals surface area contributed by atoms with E-state index in [9.17, 15) is 0 Å². The molecule has 0 amide bonds. The molecule has 0 bridgehead atoms. The molecule has 2 unspecified atom stereocenters. The topological polar surface area (TPSA) is 0 Å². The van der Waals surface area contributed by atoms with E-state index in [0.29, 0.717) is 5.66 Å². The fourth-order valence-electron chi connectivity index (χ4n) is 2.90. The molecule has 2 aromatic rings. The molecule has 0 nitrogen and oxygen atoms in total. The molecule has 0 radical (unpaired) electrons. The minimum atomic E-state index is -0.408. The van der Waals surface area contributed by atoms with Crippen molar-refractivity contribution in [2.24, 2.45) is 0 Å². The molecular weight excluding hydrogens is 302 g/mol.